The quantitative estimate of drug-likeness (QED) is 0.813. The van der Waals surface area contributed by atoms with Crippen LogP contribution in [0.3, 0.4) is 0 Å². The molecule has 3 aliphatic heterocycles. The van der Waals surface area contributed by atoms with Crippen molar-refractivity contribution in [1.82, 2.24) is 0 Å². The number of piperidine rings is 3. The molecule has 1 atom stereocenters. The van der Waals surface area contributed by atoms with Gasteiger partial charge in [-0.15, -0.1) is 0 Å². The predicted octanol–water partition coefficient (Wildman–Crippen LogP) is 0.839. The zero-order chi connectivity index (χ0) is 13.1. The molecule has 102 valence electrons. The van der Waals surface area contributed by atoms with Crippen LogP contribution in [0, 0.1) is 5.92 Å². The summed E-state index contributed by atoms with van der Waals surface area (Å²) >= 11 is 0. The van der Waals surface area contributed by atoms with Gasteiger partial charge in [0.25, 0.3) is 0 Å². The number of quaternary nitrogens is 1. The molecular weight excluding hydrogens is 238 g/mol. The summed E-state index contributed by atoms with van der Waals surface area (Å²) < 4.78 is 5.69. The van der Waals surface area contributed by atoms with Crippen molar-refractivity contribution in [1.29, 1.82) is 0 Å². The van der Waals surface area contributed by atoms with E-state index in [1.807, 2.05) is 18.2 Å². The fourth-order valence-corrected chi connectivity index (χ4v) is 3.33. The van der Waals surface area contributed by atoms with E-state index in [1.165, 1.54) is 31.5 Å². The van der Waals surface area contributed by atoms with Crippen LogP contribution in [0.1, 0.15) is 24.8 Å². The Bertz CT molecular complexity index is 424. The first kappa shape index (κ1) is 12.7. The SMILES string of the molecule is O=C(CCc1ccccc1)O[C@H]1C[NH+]2CCC1CC2. The summed E-state index contributed by atoms with van der Waals surface area (Å²) in [5, 5.41) is 0. The standard InChI is InChI=1S/C16H21NO2/c18-16(7-6-13-4-2-1-3-5-13)19-15-12-17-10-8-14(15)9-11-17/h1-5,14-15H,6-12H2/p+1/t15-/m0/s1. The van der Waals surface area contributed by atoms with Gasteiger partial charge in [-0.1, -0.05) is 30.3 Å². The summed E-state index contributed by atoms with van der Waals surface area (Å²) in [6.07, 6.45) is 3.93. The maximum atomic E-state index is 11.9. The molecule has 1 N–H and O–H groups in total. The van der Waals surface area contributed by atoms with Gasteiger partial charge in [-0.3, -0.25) is 4.79 Å². The number of hydrogen-bond donors (Lipinski definition) is 1. The molecule has 3 saturated heterocycles. The predicted molar refractivity (Wildman–Crippen MR) is 72.9 cm³/mol. The molecule has 0 saturated carbocycles. The van der Waals surface area contributed by atoms with E-state index < -0.39 is 0 Å². The van der Waals surface area contributed by atoms with Crippen LogP contribution >= 0.6 is 0 Å². The number of carbonyl (C=O) groups excluding carboxylic acids is 1. The maximum absolute atomic E-state index is 11.9. The fourth-order valence-electron chi connectivity index (χ4n) is 3.33. The zero-order valence-electron chi connectivity index (χ0n) is 11.3. The summed E-state index contributed by atoms with van der Waals surface area (Å²) in [6.45, 7) is 3.56. The molecule has 0 aromatic heterocycles. The molecule has 4 rings (SSSR count). The van der Waals surface area contributed by atoms with Crippen molar-refractivity contribution in [3.63, 3.8) is 0 Å². The minimum absolute atomic E-state index is 0.0259. The number of rotatable bonds is 4. The van der Waals surface area contributed by atoms with Crippen LogP contribution in [0.5, 0.6) is 0 Å². The highest BCUT2D eigenvalue weighted by Crippen LogP contribution is 2.21. The molecular formula is C16H22NO2+. The Morgan fingerprint density at radius 2 is 1.95 bits per heavy atom. The molecule has 3 heterocycles. The highest BCUT2D eigenvalue weighted by molar-refractivity contribution is 5.70. The van der Waals surface area contributed by atoms with E-state index in [0.29, 0.717) is 12.3 Å². The third-order valence-corrected chi connectivity index (χ3v) is 4.50. The molecule has 0 spiro atoms. The number of hydrogen-bond acceptors (Lipinski definition) is 2. The number of nitrogens with one attached hydrogen (secondary N) is 1. The van der Waals surface area contributed by atoms with Gasteiger partial charge in [0.05, 0.1) is 13.1 Å². The summed E-state index contributed by atoms with van der Waals surface area (Å²) in [7, 11) is 0. The Kier molecular flexibility index (Phi) is 3.83. The van der Waals surface area contributed by atoms with Gasteiger partial charge in [0, 0.05) is 25.2 Å². The van der Waals surface area contributed by atoms with Crippen molar-refractivity contribution < 1.29 is 14.4 Å². The Hall–Kier alpha value is -1.35. The molecule has 3 aliphatic rings. The van der Waals surface area contributed by atoms with Crippen molar-refractivity contribution in [2.75, 3.05) is 19.6 Å². The van der Waals surface area contributed by atoms with Gasteiger partial charge >= 0.3 is 5.97 Å². The first-order valence-corrected chi connectivity index (χ1v) is 7.38. The summed E-state index contributed by atoms with van der Waals surface area (Å²) in [6, 6.07) is 10.1. The molecule has 3 nitrogen and oxygen atoms in total. The second-order valence-electron chi connectivity index (χ2n) is 5.81. The number of ether oxygens (including phenoxy) is 1. The molecule has 0 amide bonds. The van der Waals surface area contributed by atoms with Gasteiger partial charge in [-0.2, -0.15) is 0 Å². The van der Waals surface area contributed by atoms with E-state index >= 15 is 0 Å². The molecule has 3 fully saturated rings. The van der Waals surface area contributed by atoms with E-state index in [4.69, 9.17) is 4.74 Å². The molecule has 1 aromatic rings. The number of aryl methyl sites for hydroxylation is 1. The molecule has 1 aromatic carbocycles. The molecule has 19 heavy (non-hydrogen) atoms. The second-order valence-corrected chi connectivity index (χ2v) is 5.81. The monoisotopic (exact) mass is 260 g/mol. The van der Waals surface area contributed by atoms with E-state index in [0.717, 1.165) is 13.0 Å². The van der Waals surface area contributed by atoms with Crippen LogP contribution in [0.15, 0.2) is 30.3 Å². The largest absolute Gasteiger partial charge is 0.456 e. The Labute approximate surface area is 114 Å². The fraction of sp³-hybridized carbons (Fsp3) is 0.562. The summed E-state index contributed by atoms with van der Waals surface area (Å²) in [5.74, 6) is 0.597. The zero-order valence-corrected chi connectivity index (χ0v) is 11.3. The average Bonchev–Trinajstić information content (AvgIpc) is 2.47. The lowest BCUT2D eigenvalue weighted by atomic mass is 9.86. The lowest BCUT2D eigenvalue weighted by molar-refractivity contribution is -0.920. The lowest BCUT2D eigenvalue weighted by Gasteiger charge is -2.41. The van der Waals surface area contributed by atoms with Crippen molar-refractivity contribution in [2.24, 2.45) is 5.92 Å². The minimum atomic E-state index is -0.0259. The summed E-state index contributed by atoms with van der Waals surface area (Å²) in [4.78, 5) is 13.5. The number of fused-ring (bicyclic) bond motifs is 3. The maximum Gasteiger partial charge on any atom is 0.306 e. The van der Waals surface area contributed by atoms with Crippen LogP contribution in [0.2, 0.25) is 0 Å². The van der Waals surface area contributed by atoms with Gasteiger partial charge < -0.3 is 9.64 Å². The van der Waals surface area contributed by atoms with Crippen LogP contribution < -0.4 is 4.90 Å². The smallest absolute Gasteiger partial charge is 0.306 e. The van der Waals surface area contributed by atoms with E-state index in [1.54, 1.807) is 4.90 Å². The van der Waals surface area contributed by atoms with Crippen LogP contribution in [-0.4, -0.2) is 31.7 Å². The van der Waals surface area contributed by atoms with Crippen LogP contribution in [0.4, 0.5) is 0 Å². The van der Waals surface area contributed by atoms with Gasteiger partial charge in [0.1, 0.15) is 6.54 Å². The number of benzene rings is 1. The number of esters is 1. The second kappa shape index (κ2) is 5.74. The highest BCUT2D eigenvalue weighted by Gasteiger charge is 2.39. The number of carbonyl (C=O) groups is 1. The van der Waals surface area contributed by atoms with E-state index in [9.17, 15) is 4.79 Å². The normalized spacial score (nSPS) is 29.2. The van der Waals surface area contributed by atoms with Gasteiger partial charge in [0.15, 0.2) is 6.10 Å². The van der Waals surface area contributed by atoms with Crippen molar-refractivity contribution >= 4 is 5.97 Å². The third kappa shape index (κ3) is 3.16. The molecule has 2 bridgehead atoms. The molecule has 0 unspecified atom stereocenters. The third-order valence-electron chi connectivity index (χ3n) is 4.50. The van der Waals surface area contributed by atoms with Crippen molar-refractivity contribution in [3.8, 4) is 0 Å². The first-order valence-electron chi connectivity index (χ1n) is 7.38. The van der Waals surface area contributed by atoms with E-state index in [2.05, 4.69) is 12.1 Å². The van der Waals surface area contributed by atoms with Crippen molar-refractivity contribution in [3.05, 3.63) is 35.9 Å². The Morgan fingerprint density at radius 1 is 1.21 bits per heavy atom. The van der Waals surface area contributed by atoms with Crippen LogP contribution in [0.25, 0.3) is 0 Å². The topological polar surface area (TPSA) is 30.7 Å². The van der Waals surface area contributed by atoms with Gasteiger partial charge in [0.2, 0.25) is 0 Å². The van der Waals surface area contributed by atoms with E-state index in [-0.39, 0.29) is 12.1 Å². The molecule has 0 aliphatic carbocycles. The Balaban J connectivity index is 1.46. The van der Waals surface area contributed by atoms with Gasteiger partial charge in [-0.05, 0) is 12.0 Å². The van der Waals surface area contributed by atoms with Crippen molar-refractivity contribution in [2.45, 2.75) is 31.8 Å². The Morgan fingerprint density at radius 3 is 2.58 bits per heavy atom. The minimum Gasteiger partial charge on any atom is -0.456 e. The molecule has 3 heteroatoms. The van der Waals surface area contributed by atoms with Gasteiger partial charge in [-0.25, -0.2) is 0 Å². The van der Waals surface area contributed by atoms with Crippen LogP contribution in [-0.2, 0) is 16.0 Å². The lowest BCUT2D eigenvalue weighted by Crippen LogP contribution is -3.16. The first-order chi connectivity index (χ1) is 9.31. The molecule has 0 radical (unpaired) electrons. The highest BCUT2D eigenvalue weighted by atomic mass is 16.5. The summed E-state index contributed by atoms with van der Waals surface area (Å²) in [5.41, 5.74) is 1.21. The average molecular weight is 260 g/mol.